The largest absolute Gasteiger partial charge is 0.352 e. The maximum absolute atomic E-state index is 12.4. The Labute approximate surface area is 197 Å². The van der Waals surface area contributed by atoms with Gasteiger partial charge < -0.3 is 5.32 Å². The zero-order valence-electron chi connectivity index (χ0n) is 18.2. The molecule has 2 N–H and O–H groups in total. The maximum atomic E-state index is 12.4. The number of imide groups is 1. The molecule has 0 bridgehead atoms. The summed E-state index contributed by atoms with van der Waals surface area (Å²) in [7, 11) is 0. The number of hydrogen-bond acceptors (Lipinski definition) is 4. The van der Waals surface area contributed by atoms with Crippen molar-refractivity contribution in [3.05, 3.63) is 100 Å². The molecule has 1 aliphatic heterocycles. The van der Waals surface area contributed by atoms with E-state index >= 15 is 0 Å². The van der Waals surface area contributed by atoms with Crippen LogP contribution in [-0.4, -0.2) is 17.1 Å². The summed E-state index contributed by atoms with van der Waals surface area (Å²) in [4.78, 5) is 35.8. The van der Waals surface area contributed by atoms with Crippen molar-refractivity contribution in [3.63, 3.8) is 0 Å². The Morgan fingerprint density at radius 3 is 2.42 bits per heavy atom. The minimum atomic E-state index is -0.359. The van der Waals surface area contributed by atoms with Crippen molar-refractivity contribution < 1.29 is 14.4 Å². The number of rotatable bonds is 7. The minimum absolute atomic E-state index is 0.0291. The molecule has 1 unspecified atom stereocenters. The number of hydrogen-bond donors (Lipinski definition) is 2. The molecule has 1 atom stereocenters. The van der Waals surface area contributed by atoms with E-state index in [0.29, 0.717) is 17.9 Å². The van der Waals surface area contributed by atoms with Crippen LogP contribution in [0.4, 0.5) is 4.79 Å². The summed E-state index contributed by atoms with van der Waals surface area (Å²) < 4.78 is 0. The average Bonchev–Trinajstić information content (AvgIpc) is 3.15. The summed E-state index contributed by atoms with van der Waals surface area (Å²) in [5.74, 6) is -0.165. The summed E-state index contributed by atoms with van der Waals surface area (Å²) >= 11 is 0.908. The highest BCUT2D eigenvalue weighted by atomic mass is 32.2. The molecule has 1 saturated heterocycles. The van der Waals surface area contributed by atoms with Gasteiger partial charge in [0.2, 0.25) is 5.91 Å². The van der Waals surface area contributed by atoms with Crippen LogP contribution in [0.25, 0.3) is 17.2 Å². The predicted octanol–water partition coefficient (Wildman–Crippen LogP) is 5.49. The van der Waals surface area contributed by atoms with Gasteiger partial charge >= 0.3 is 0 Å². The van der Waals surface area contributed by atoms with Gasteiger partial charge in [0, 0.05) is 13.0 Å². The first-order valence-electron chi connectivity index (χ1n) is 10.7. The molecular formula is C27H24N2O3S. The number of amides is 3. The van der Waals surface area contributed by atoms with Crippen LogP contribution < -0.4 is 10.6 Å². The van der Waals surface area contributed by atoms with E-state index < -0.39 is 0 Å². The maximum Gasteiger partial charge on any atom is 0.290 e. The first-order valence-corrected chi connectivity index (χ1v) is 11.6. The van der Waals surface area contributed by atoms with Crippen LogP contribution in [0.5, 0.6) is 0 Å². The van der Waals surface area contributed by atoms with E-state index in [-0.39, 0.29) is 23.0 Å². The van der Waals surface area contributed by atoms with Crippen LogP contribution in [0.3, 0.4) is 0 Å². The van der Waals surface area contributed by atoms with Gasteiger partial charge in [0.25, 0.3) is 11.1 Å². The van der Waals surface area contributed by atoms with Gasteiger partial charge in [-0.1, -0.05) is 79.7 Å². The lowest BCUT2D eigenvalue weighted by atomic mass is 9.97. The van der Waals surface area contributed by atoms with E-state index in [2.05, 4.69) is 23.6 Å². The van der Waals surface area contributed by atoms with Gasteiger partial charge in [-0.05, 0) is 57.6 Å². The molecular weight excluding hydrogens is 432 g/mol. The van der Waals surface area contributed by atoms with Crippen LogP contribution in [-0.2, 0) is 16.1 Å². The zero-order chi connectivity index (χ0) is 23.2. The van der Waals surface area contributed by atoms with Gasteiger partial charge in [-0.3, -0.25) is 19.7 Å². The molecule has 0 aromatic heterocycles. The molecule has 3 aromatic rings. The zero-order valence-corrected chi connectivity index (χ0v) is 19.0. The van der Waals surface area contributed by atoms with Crippen LogP contribution in [0.1, 0.15) is 36.0 Å². The standard InChI is InChI=1S/C27H24N2O3S/c1-18(21-7-3-2-4-8-21)14-25(30)28-17-20-6-5-9-23(15-20)22-12-10-19(11-13-22)16-24-26(31)29-27(32)33-24/h2-13,15-16,18H,14,17H2,1H3,(H,28,30)(H,29,31,32). The van der Waals surface area contributed by atoms with Crippen LogP contribution >= 0.6 is 11.8 Å². The molecule has 3 aromatic carbocycles. The lowest BCUT2D eigenvalue weighted by Gasteiger charge is -2.12. The topological polar surface area (TPSA) is 75.3 Å². The van der Waals surface area contributed by atoms with E-state index in [1.54, 1.807) is 6.08 Å². The van der Waals surface area contributed by atoms with Crippen LogP contribution in [0.15, 0.2) is 83.8 Å². The lowest BCUT2D eigenvalue weighted by molar-refractivity contribution is -0.121. The van der Waals surface area contributed by atoms with Crippen molar-refractivity contribution in [3.8, 4) is 11.1 Å². The molecule has 166 valence electrons. The van der Waals surface area contributed by atoms with Gasteiger partial charge in [-0.15, -0.1) is 0 Å². The molecule has 5 nitrogen and oxygen atoms in total. The molecule has 0 saturated carbocycles. The molecule has 1 fully saturated rings. The van der Waals surface area contributed by atoms with E-state index in [4.69, 9.17) is 0 Å². The van der Waals surface area contributed by atoms with Crippen molar-refractivity contribution in [2.24, 2.45) is 0 Å². The fourth-order valence-electron chi connectivity index (χ4n) is 3.66. The fourth-order valence-corrected chi connectivity index (χ4v) is 4.34. The summed E-state index contributed by atoms with van der Waals surface area (Å²) in [6.07, 6.45) is 2.15. The Morgan fingerprint density at radius 1 is 0.970 bits per heavy atom. The number of carbonyl (C=O) groups excluding carboxylic acids is 3. The Bertz CT molecular complexity index is 1200. The highest BCUT2D eigenvalue weighted by molar-refractivity contribution is 8.18. The number of thioether (sulfide) groups is 1. The van der Waals surface area contributed by atoms with Gasteiger partial charge in [-0.2, -0.15) is 0 Å². The van der Waals surface area contributed by atoms with E-state index in [0.717, 1.165) is 39.6 Å². The van der Waals surface area contributed by atoms with Gasteiger partial charge in [0.1, 0.15) is 0 Å². The summed E-state index contributed by atoms with van der Waals surface area (Å²) in [6.45, 7) is 2.53. The summed E-state index contributed by atoms with van der Waals surface area (Å²) in [5, 5.41) is 4.93. The normalized spacial score (nSPS) is 15.4. The Balaban J connectivity index is 1.36. The minimum Gasteiger partial charge on any atom is -0.352 e. The Hall–Kier alpha value is -3.64. The molecule has 0 aliphatic carbocycles. The molecule has 4 rings (SSSR count). The van der Waals surface area contributed by atoms with E-state index in [1.807, 2.05) is 72.8 Å². The number of carbonyl (C=O) groups is 3. The summed E-state index contributed by atoms with van der Waals surface area (Å²) in [5.41, 5.74) is 5.11. The number of benzene rings is 3. The summed E-state index contributed by atoms with van der Waals surface area (Å²) in [6, 6.07) is 25.9. The lowest BCUT2D eigenvalue weighted by Crippen LogP contribution is -2.24. The van der Waals surface area contributed by atoms with Crippen LogP contribution in [0.2, 0.25) is 0 Å². The third-order valence-corrected chi connectivity index (χ3v) is 6.27. The highest BCUT2D eigenvalue weighted by Crippen LogP contribution is 2.27. The van der Waals surface area contributed by atoms with Crippen molar-refractivity contribution in [2.75, 3.05) is 0 Å². The predicted molar refractivity (Wildman–Crippen MR) is 132 cm³/mol. The van der Waals surface area contributed by atoms with E-state index in [9.17, 15) is 14.4 Å². The Kier molecular flexibility index (Phi) is 7.05. The third-order valence-electron chi connectivity index (χ3n) is 5.46. The monoisotopic (exact) mass is 456 g/mol. The molecule has 0 radical (unpaired) electrons. The second-order valence-electron chi connectivity index (χ2n) is 7.97. The van der Waals surface area contributed by atoms with Crippen LogP contribution in [0, 0.1) is 0 Å². The van der Waals surface area contributed by atoms with Crippen molar-refractivity contribution in [2.45, 2.75) is 25.8 Å². The fraction of sp³-hybridized carbons (Fsp3) is 0.148. The van der Waals surface area contributed by atoms with E-state index in [1.165, 1.54) is 0 Å². The first-order chi connectivity index (χ1) is 16.0. The SMILES string of the molecule is CC(CC(=O)NCc1cccc(-c2ccc(C=C3SC(=O)NC3=O)cc2)c1)c1ccccc1. The highest BCUT2D eigenvalue weighted by Gasteiger charge is 2.24. The van der Waals surface area contributed by atoms with Gasteiger partial charge in [-0.25, -0.2) is 0 Å². The smallest absolute Gasteiger partial charge is 0.290 e. The van der Waals surface area contributed by atoms with Crippen molar-refractivity contribution >= 4 is 34.9 Å². The molecule has 1 heterocycles. The average molecular weight is 457 g/mol. The second kappa shape index (κ2) is 10.3. The van der Waals surface area contributed by atoms with Gasteiger partial charge in [0.15, 0.2) is 0 Å². The van der Waals surface area contributed by atoms with Gasteiger partial charge in [0.05, 0.1) is 4.91 Å². The second-order valence-corrected chi connectivity index (χ2v) is 8.98. The molecule has 6 heteroatoms. The number of nitrogens with one attached hydrogen (secondary N) is 2. The quantitative estimate of drug-likeness (QED) is 0.461. The molecule has 0 spiro atoms. The Morgan fingerprint density at radius 2 is 1.73 bits per heavy atom. The third kappa shape index (κ3) is 5.99. The molecule has 3 amide bonds. The molecule has 1 aliphatic rings. The van der Waals surface area contributed by atoms with Crippen molar-refractivity contribution in [1.82, 2.24) is 10.6 Å². The first kappa shape index (κ1) is 22.6. The van der Waals surface area contributed by atoms with Crippen molar-refractivity contribution in [1.29, 1.82) is 0 Å². The molecule has 33 heavy (non-hydrogen) atoms.